The minimum absolute atomic E-state index is 1.06. The van der Waals surface area contributed by atoms with Crippen molar-refractivity contribution in [2.24, 2.45) is 0 Å². The standard InChI is InChI=1S/C12H17Cl2P/c1-2-3-4-8-11-15(13,14)12-9-6-5-7-10-12/h5-11,15H,2-4H2,1H3. The molecule has 0 spiro atoms. The van der Waals surface area contributed by atoms with Gasteiger partial charge in [-0.05, 0) is 0 Å². The van der Waals surface area contributed by atoms with Crippen LogP contribution in [0.15, 0.2) is 42.2 Å². The Hall–Kier alpha value is -0.0300. The van der Waals surface area contributed by atoms with E-state index in [2.05, 4.69) is 13.0 Å². The summed E-state index contributed by atoms with van der Waals surface area (Å²) >= 11 is 12.7. The molecular weight excluding hydrogens is 246 g/mol. The van der Waals surface area contributed by atoms with Gasteiger partial charge in [-0.3, -0.25) is 0 Å². The van der Waals surface area contributed by atoms with E-state index in [4.69, 9.17) is 22.5 Å². The first-order valence-electron chi connectivity index (χ1n) is 5.28. The van der Waals surface area contributed by atoms with E-state index in [1.807, 2.05) is 36.1 Å². The molecular formula is C12H17Cl2P. The molecule has 0 saturated carbocycles. The Morgan fingerprint density at radius 2 is 1.87 bits per heavy atom. The molecule has 15 heavy (non-hydrogen) atoms. The summed E-state index contributed by atoms with van der Waals surface area (Å²) in [6.07, 6.45) is 5.58. The van der Waals surface area contributed by atoms with Crippen molar-refractivity contribution in [2.75, 3.05) is 0 Å². The Labute approximate surface area is 102 Å². The zero-order valence-corrected chi connectivity index (χ0v) is 11.4. The van der Waals surface area contributed by atoms with Crippen molar-refractivity contribution in [2.45, 2.75) is 26.2 Å². The molecule has 0 nitrogen and oxygen atoms in total. The first kappa shape index (κ1) is 13.0. The molecule has 0 unspecified atom stereocenters. The third kappa shape index (κ3) is 4.55. The first-order chi connectivity index (χ1) is 7.17. The molecule has 0 aliphatic rings. The van der Waals surface area contributed by atoms with Crippen molar-refractivity contribution in [1.82, 2.24) is 0 Å². The molecule has 0 bridgehead atoms. The van der Waals surface area contributed by atoms with Gasteiger partial charge in [0.25, 0.3) is 0 Å². The van der Waals surface area contributed by atoms with Gasteiger partial charge in [-0.1, -0.05) is 0 Å². The summed E-state index contributed by atoms with van der Waals surface area (Å²) in [6, 6.07) is 9.92. The minimum atomic E-state index is -2.37. The molecule has 0 N–H and O–H groups in total. The van der Waals surface area contributed by atoms with Crippen LogP contribution < -0.4 is 5.30 Å². The summed E-state index contributed by atoms with van der Waals surface area (Å²) < 4.78 is 0. The van der Waals surface area contributed by atoms with Gasteiger partial charge in [-0.2, -0.15) is 0 Å². The molecule has 1 rings (SSSR count). The first-order valence-corrected chi connectivity index (χ1v) is 9.38. The van der Waals surface area contributed by atoms with Gasteiger partial charge < -0.3 is 0 Å². The summed E-state index contributed by atoms with van der Waals surface area (Å²) in [5, 5.41) is 1.06. The van der Waals surface area contributed by atoms with Crippen LogP contribution in [0.3, 0.4) is 0 Å². The second kappa shape index (κ2) is 6.53. The second-order valence-corrected chi connectivity index (χ2v) is 9.85. The van der Waals surface area contributed by atoms with E-state index in [1.165, 1.54) is 12.8 Å². The van der Waals surface area contributed by atoms with E-state index < -0.39 is 5.97 Å². The summed E-state index contributed by atoms with van der Waals surface area (Å²) in [4.78, 5) is 0. The molecule has 0 radical (unpaired) electrons. The monoisotopic (exact) mass is 262 g/mol. The van der Waals surface area contributed by atoms with Crippen LogP contribution in [0.4, 0.5) is 0 Å². The van der Waals surface area contributed by atoms with Crippen molar-refractivity contribution in [3.05, 3.63) is 42.2 Å². The Bertz CT molecular complexity index is 307. The van der Waals surface area contributed by atoms with Crippen molar-refractivity contribution >= 4 is 33.8 Å². The van der Waals surface area contributed by atoms with Crippen molar-refractivity contribution in [1.29, 1.82) is 0 Å². The molecule has 0 fully saturated rings. The van der Waals surface area contributed by atoms with Crippen LogP contribution in [0.25, 0.3) is 0 Å². The molecule has 0 aliphatic carbocycles. The molecule has 84 valence electrons. The van der Waals surface area contributed by atoms with Gasteiger partial charge in [-0.15, -0.1) is 0 Å². The molecule has 0 aliphatic heterocycles. The summed E-state index contributed by atoms with van der Waals surface area (Å²) in [6.45, 7) is 2.18. The molecule has 1 aromatic rings. The number of allylic oxidation sites excluding steroid dienone is 1. The maximum atomic E-state index is 6.36. The van der Waals surface area contributed by atoms with Crippen LogP contribution in [0, 0.1) is 0 Å². The fourth-order valence-electron chi connectivity index (χ4n) is 1.31. The van der Waals surface area contributed by atoms with Crippen LogP contribution in [-0.4, -0.2) is 0 Å². The Morgan fingerprint density at radius 1 is 1.20 bits per heavy atom. The summed E-state index contributed by atoms with van der Waals surface area (Å²) in [5.74, 6) is -0.364. The third-order valence-electron chi connectivity index (χ3n) is 2.21. The maximum absolute atomic E-state index is 6.36. The number of hydrogen-bond acceptors (Lipinski definition) is 0. The average molecular weight is 263 g/mol. The van der Waals surface area contributed by atoms with Crippen LogP contribution in [-0.2, 0) is 0 Å². The van der Waals surface area contributed by atoms with Crippen LogP contribution in [0.5, 0.6) is 0 Å². The van der Waals surface area contributed by atoms with Gasteiger partial charge in [0.2, 0.25) is 0 Å². The molecule has 0 amide bonds. The number of benzene rings is 1. The summed E-state index contributed by atoms with van der Waals surface area (Å²) in [5.41, 5.74) is 0. The molecule has 0 saturated heterocycles. The molecule has 0 heterocycles. The van der Waals surface area contributed by atoms with Crippen molar-refractivity contribution in [3.8, 4) is 0 Å². The second-order valence-electron chi connectivity index (χ2n) is 3.53. The quantitative estimate of drug-likeness (QED) is 0.513. The predicted molar refractivity (Wildman–Crippen MR) is 74.8 cm³/mol. The topological polar surface area (TPSA) is 0 Å². The van der Waals surface area contributed by atoms with E-state index in [-0.39, 0.29) is 0 Å². The van der Waals surface area contributed by atoms with E-state index in [0.29, 0.717) is 0 Å². The van der Waals surface area contributed by atoms with Gasteiger partial charge in [0.05, 0.1) is 0 Å². The molecule has 0 aromatic heterocycles. The van der Waals surface area contributed by atoms with Gasteiger partial charge in [0.1, 0.15) is 0 Å². The number of halogens is 2. The SMILES string of the molecule is CCCCC=C[PH](Cl)(Cl)c1ccccc1. The van der Waals surface area contributed by atoms with E-state index in [9.17, 15) is 0 Å². The van der Waals surface area contributed by atoms with Crippen LogP contribution in [0.1, 0.15) is 26.2 Å². The van der Waals surface area contributed by atoms with E-state index >= 15 is 0 Å². The van der Waals surface area contributed by atoms with Gasteiger partial charge >= 0.3 is 102 Å². The van der Waals surface area contributed by atoms with Gasteiger partial charge in [0.15, 0.2) is 0 Å². The van der Waals surface area contributed by atoms with Gasteiger partial charge in [-0.25, -0.2) is 0 Å². The van der Waals surface area contributed by atoms with Crippen LogP contribution in [0.2, 0.25) is 0 Å². The van der Waals surface area contributed by atoms with Gasteiger partial charge in [0, 0.05) is 0 Å². The van der Waals surface area contributed by atoms with Crippen molar-refractivity contribution in [3.63, 3.8) is 0 Å². The zero-order chi connectivity index (χ0) is 11.1. The van der Waals surface area contributed by atoms with E-state index in [0.717, 1.165) is 11.7 Å². The normalized spacial score (nSPS) is 13.3. The van der Waals surface area contributed by atoms with Crippen molar-refractivity contribution < 1.29 is 0 Å². The number of unbranched alkanes of at least 4 members (excludes halogenated alkanes) is 2. The average Bonchev–Trinajstić information content (AvgIpc) is 2.26. The Morgan fingerprint density at radius 3 is 2.47 bits per heavy atom. The number of rotatable bonds is 5. The fraction of sp³-hybridized carbons (Fsp3) is 0.333. The molecule has 1 aromatic carbocycles. The molecule has 0 atom stereocenters. The summed E-state index contributed by atoms with van der Waals surface area (Å²) in [7, 11) is 0. The number of hydrogen-bond donors (Lipinski definition) is 0. The zero-order valence-electron chi connectivity index (χ0n) is 8.92. The van der Waals surface area contributed by atoms with Crippen LogP contribution >= 0.6 is 28.4 Å². The van der Waals surface area contributed by atoms with E-state index in [1.54, 1.807) is 0 Å². The fourth-order valence-corrected chi connectivity index (χ4v) is 3.89. The Balaban J connectivity index is 2.63. The molecule has 3 heteroatoms. The Kier molecular flexibility index (Phi) is 5.68. The predicted octanol–water partition coefficient (Wildman–Crippen LogP) is 5.07. The third-order valence-corrected chi connectivity index (χ3v) is 6.03.